The van der Waals surface area contributed by atoms with E-state index in [1.165, 1.54) is 0 Å². The van der Waals surface area contributed by atoms with E-state index in [-0.39, 0.29) is 6.04 Å². The van der Waals surface area contributed by atoms with Gasteiger partial charge in [-0.25, -0.2) is 18.1 Å². The van der Waals surface area contributed by atoms with Gasteiger partial charge >= 0.3 is 0 Å². The average molecular weight is 310 g/mol. The van der Waals surface area contributed by atoms with Gasteiger partial charge in [-0.2, -0.15) is 0 Å². The van der Waals surface area contributed by atoms with Crippen LogP contribution in [0.3, 0.4) is 0 Å². The van der Waals surface area contributed by atoms with Crippen molar-refractivity contribution >= 4 is 21.4 Å². The van der Waals surface area contributed by atoms with E-state index < -0.39 is 10.0 Å². The Labute approximate surface area is 123 Å². The molecule has 0 fully saturated rings. The molecule has 6 heteroatoms. The van der Waals surface area contributed by atoms with Crippen molar-refractivity contribution in [1.29, 1.82) is 0 Å². The molecule has 1 aromatic carbocycles. The lowest BCUT2D eigenvalue weighted by Gasteiger charge is -2.13. The molecule has 0 radical (unpaired) electrons. The first-order valence-electron chi connectivity index (χ1n) is 6.46. The first-order valence-corrected chi connectivity index (χ1v) is 8.76. The van der Waals surface area contributed by atoms with Crippen LogP contribution in [-0.2, 0) is 16.4 Å². The van der Waals surface area contributed by atoms with Crippen LogP contribution in [0.15, 0.2) is 35.4 Å². The van der Waals surface area contributed by atoms with Gasteiger partial charge in [-0.15, -0.1) is 11.3 Å². The van der Waals surface area contributed by atoms with Crippen molar-refractivity contribution in [1.82, 2.24) is 9.71 Å². The molecule has 2 aromatic rings. The van der Waals surface area contributed by atoms with E-state index >= 15 is 0 Å². The predicted octanol–water partition coefficient (Wildman–Crippen LogP) is 3.05. The Hall–Kier alpha value is -1.24. The van der Waals surface area contributed by atoms with Crippen molar-refractivity contribution in [2.24, 2.45) is 0 Å². The fourth-order valence-corrected chi connectivity index (χ4v) is 4.28. The third kappa shape index (κ3) is 3.26. The van der Waals surface area contributed by atoms with Crippen LogP contribution in [0.1, 0.15) is 35.3 Å². The standard InChI is InChI=1S/C14H18N2O2S2/c1-4-12-9-15-14(19-12)11(3)16-20(17,18)13-8-6-5-7-10(13)2/h5-9,11,16H,4H2,1-3H3. The Morgan fingerprint density at radius 1 is 1.35 bits per heavy atom. The quantitative estimate of drug-likeness (QED) is 0.923. The number of aromatic nitrogens is 1. The Morgan fingerprint density at radius 2 is 2.05 bits per heavy atom. The van der Waals surface area contributed by atoms with E-state index in [1.54, 1.807) is 42.7 Å². The maximum absolute atomic E-state index is 12.4. The Kier molecular flexibility index (Phi) is 4.57. The van der Waals surface area contributed by atoms with Gasteiger partial charge in [0.15, 0.2) is 0 Å². The van der Waals surface area contributed by atoms with Crippen LogP contribution in [-0.4, -0.2) is 13.4 Å². The van der Waals surface area contributed by atoms with Crippen molar-refractivity contribution < 1.29 is 8.42 Å². The molecule has 108 valence electrons. The summed E-state index contributed by atoms with van der Waals surface area (Å²) in [6, 6.07) is 6.63. The second kappa shape index (κ2) is 6.03. The van der Waals surface area contributed by atoms with Crippen molar-refractivity contribution in [2.45, 2.75) is 38.1 Å². The fraction of sp³-hybridized carbons (Fsp3) is 0.357. The molecular formula is C14H18N2O2S2. The molecule has 0 spiro atoms. The number of sulfonamides is 1. The third-order valence-corrected chi connectivity index (χ3v) is 6.03. The van der Waals surface area contributed by atoms with E-state index in [1.807, 2.05) is 13.0 Å². The molecule has 0 saturated carbocycles. The van der Waals surface area contributed by atoms with Crippen LogP contribution in [0, 0.1) is 6.92 Å². The molecule has 4 nitrogen and oxygen atoms in total. The Bertz CT molecular complexity index is 693. The highest BCUT2D eigenvalue weighted by Gasteiger charge is 2.21. The summed E-state index contributed by atoms with van der Waals surface area (Å²) < 4.78 is 27.4. The smallest absolute Gasteiger partial charge is 0.241 e. The SMILES string of the molecule is CCc1cnc(C(C)NS(=O)(=O)c2ccccc2C)s1. The lowest BCUT2D eigenvalue weighted by Crippen LogP contribution is -2.27. The van der Waals surface area contributed by atoms with Gasteiger partial charge in [-0.05, 0) is 31.9 Å². The number of aryl methyl sites for hydroxylation is 2. The van der Waals surface area contributed by atoms with Crippen LogP contribution in [0.25, 0.3) is 0 Å². The number of hydrogen-bond donors (Lipinski definition) is 1. The van der Waals surface area contributed by atoms with Gasteiger partial charge in [-0.3, -0.25) is 0 Å². The first kappa shape index (κ1) is 15.2. The highest BCUT2D eigenvalue weighted by Crippen LogP contribution is 2.23. The average Bonchev–Trinajstić information content (AvgIpc) is 2.87. The van der Waals surface area contributed by atoms with Gasteiger partial charge in [-0.1, -0.05) is 25.1 Å². The number of nitrogens with zero attached hydrogens (tertiary/aromatic N) is 1. The summed E-state index contributed by atoms with van der Waals surface area (Å²) in [5.74, 6) is 0. The molecule has 1 N–H and O–H groups in total. The molecule has 0 bridgehead atoms. The molecule has 2 rings (SSSR count). The van der Waals surface area contributed by atoms with E-state index in [0.717, 1.165) is 21.9 Å². The summed E-state index contributed by atoms with van der Waals surface area (Å²) in [6.45, 7) is 5.66. The zero-order valence-electron chi connectivity index (χ0n) is 11.8. The molecule has 1 atom stereocenters. The minimum Gasteiger partial charge on any atom is -0.248 e. The van der Waals surface area contributed by atoms with Gasteiger partial charge < -0.3 is 0 Å². The van der Waals surface area contributed by atoms with Crippen LogP contribution >= 0.6 is 11.3 Å². The number of nitrogens with one attached hydrogen (secondary N) is 1. The summed E-state index contributed by atoms with van der Waals surface area (Å²) in [7, 11) is -3.52. The van der Waals surface area contributed by atoms with Crippen molar-refractivity contribution in [3.8, 4) is 0 Å². The van der Waals surface area contributed by atoms with E-state index in [4.69, 9.17) is 0 Å². The fourth-order valence-electron chi connectivity index (χ4n) is 1.89. The highest BCUT2D eigenvalue weighted by atomic mass is 32.2. The zero-order chi connectivity index (χ0) is 14.8. The van der Waals surface area contributed by atoms with Crippen molar-refractivity contribution in [3.63, 3.8) is 0 Å². The molecule has 0 aliphatic heterocycles. The summed E-state index contributed by atoms with van der Waals surface area (Å²) in [5, 5.41) is 0.791. The second-order valence-corrected chi connectivity index (χ2v) is 7.46. The number of rotatable bonds is 5. The molecule has 0 saturated heterocycles. The van der Waals surface area contributed by atoms with Crippen LogP contribution < -0.4 is 4.72 Å². The maximum Gasteiger partial charge on any atom is 0.241 e. The van der Waals surface area contributed by atoms with Gasteiger partial charge in [0.25, 0.3) is 0 Å². The van der Waals surface area contributed by atoms with E-state index in [9.17, 15) is 8.42 Å². The van der Waals surface area contributed by atoms with E-state index in [2.05, 4.69) is 16.6 Å². The second-order valence-electron chi connectivity index (χ2n) is 4.63. The largest absolute Gasteiger partial charge is 0.248 e. The van der Waals surface area contributed by atoms with E-state index in [0.29, 0.717) is 4.90 Å². The minimum atomic E-state index is -3.52. The third-order valence-electron chi connectivity index (χ3n) is 3.01. The topological polar surface area (TPSA) is 59.1 Å². The number of thiazole rings is 1. The van der Waals surface area contributed by atoms with Gasteiger partial charge in [0.1, 0.15) is 5.01 Å². The van der Waals surface area contributed by atoms with Crippen molar-refractivity contribution in [3.05, 3.63) is 45.9 Å². The minimum absolute atomic E-state index is 0.319. The monoisotopic (exact) mass is 310 g/mol. The Balaban J connectivity index is 2.22. The summed E-state index contributed by atoms with van der Waals surface area (Å²) in [6.07, 6.45) is 2.72. The lowest BCUT2D eigenvalue weighted by atomic mass is 10.2. The lowest BCUT2D eigenvalue weighted by molar-refractivity contribution is 0.565. The van der Waals surface area contributed by atoms with Crippen molar-refractivity contribution in [2.75, 3.05) is 0 Å². The molecule has 1 aromatic heterocycles. The van der Waals surface area contributed by atoms with Crippen LogP contribution in [0.2, 0.25) is 0 Å². The molecular weight excluding hydrogens is 292 g/mol. The Morgan fingerprint density at radius 3 is 2.65 bits per heavy atom. The predicted molar refractivity (Wildman–Crippen MR) is 81.4 cm³/mol. The molecule has 0 aliphatic carbocycles. The summed E-state index contributed by atoms with van der Waals surface area (Å²) in [5.41, 5.74) is 0.737. The zero-order valence-corrected chi connectivity index (χ0v) is 13.4. The van der Waals surface area contributed by atoms with Gasteiger partial charge in [0.05, 0.1) is 10.9 Å². The summed E-state index contributed by atoms with van der Waals surface area (Å²) >= 11 is 1.54. The normalized spacial score (nSPS) is 13.3. The maximum atomic E-state index is 12.4. The molecule has 1 unspecified atom stereocenters. The van der Waals surface area contributed by atoms with Crippen LogP contribution in [0.4, 0.5) is 0 Å². The summed E-state index contributed by atoms with van der Waals surface area (Å²) in [4.78, 5) is 5.75. The van der Waals surface area contributed by atoms with Gasteiger partial charge in [0, 0.05) is 11.1 Å². The molecule has 20 heavy (non-hydrogen) atoms. The number of benzene rings is 1. The number of hydrogen-bond acceptors (Lipinski definition) is 4. The molecule has 1 heterocycles. The molecule has 0 aliphatic rings. The first-order chi connectivity index (χ1) is 9.44. The van der Waals surface area contributed by atoms with Crippen LogP contribution in [0.5, 0.6) is 0 Å². The highest BCUT2D eigenvalue weighted by molar-refractivity contribution is 7.89. The molecule has 0 amide bonds. The van der Waals surface area contributed by atoms with Gasteiger partial charge in [0.2, 0.25) is 10.0 Å².